The van der Waals surface area contributed by atoms with E-state index >= 15 is 0 Å². The zero-order valence-corrected chi connectivity index (χ0v) is 14.4. The molecule has 0 aromatic heterocycles. The molecular weight excluding hydrogens is 356 g/mol. The third-order valence-corrected chi connectivity index (χ3v) is 4.33. The molecule has 0 radical (unpaired) electrons. The van der Waals surface area contributed by atoms with Gasteiger partial charge in [0.15, 0.2) is 6.61 Å². The highest BCUT2D eigenvalue weighted by Gasteiger charge is 2.12. The number of ether oxygens (including phenoxy) is 1. The van der Waals surface area contributed by atoms with Gasteiger partial charge in [-0.05, 0) is 61.4 Å². The van der Waals surface area contributed by atoms with Gasteiger partial charge in [-0.1, -0.05) is 15.9 Å². The molecule has 0 atom stereocenters. The summed E-state index contributed by atoms with van der Waals surface area (Å²) < 4.78 is 6.44. The Morgan fingerprint density at radius 3 is 2.35 bits per heavy atom. The van der Waals surface area contributed by atoms with Gasteiger partial charge in [0.25, 0.3) is 5.91 Å². The summed E-state index contributed by atoms with van der Waals surface area (Å²) >= 11 is 3.36. The predicted octanol–water partition coefficient (Wildman–Crippen LogP) is 4.07. The number of benzene rings is 2. The molecule has 0 bridgehead atoms. The molecule has 0 spiro atoms. The summed E-state index contributed by atoms with van der Waals surface area (Å²) in [6.07, 6.45) is 2.51. The van der Waals surface area contributed by atoms with E-state index < -0.39 is 0 Å². The van der Waals surface area contributed by atoms with Crippen LogP contribution in [0.1, 0.15) is 12.8 Å². The summed E-state index contributed by atoms with van der Waals surface area (Å²) in [4.78, 5) is 14.3. The van der Waals surface area contributed by atoms with Crippen LogP contribution in [0, 0.1) is 0 Å². The van der Waals surface area contributed by atoms with E-state index in [0.29, 0.717) is 5.75 Å². The number of halogens is 1. The molecule has 1 saturated heterocycles. The van der Waals surface area contributed by atoms with Gasteiger partial charge in [0.2, 0.25) is 0 Å². The second-order valence-electron chi connectivity index (χ2n) is 5.53. The number of nitrogens with zero attached hydrogens (tertiary/aromatic N) is 1. The van der Waals surface area contributed by atoms with Gasteiger partial charge in [-0.25, -0.2) is 0 Å². The number of anilines is 2. The first-order chi connectivity index (χ1) is 11.2. The molecule has 1 N–H and O–H groups in total. The third kappa shape index (κ3) is 4.48. The van der Waals surface area contributed by atoms with Crippen molar-refractivity contribution in [3.63, 3.8) is 0 Å². The maximum atomic E-state index is 11.9. The van der Waals surface area contributed by atoms with Gasteiger partial charge in [0, 0.05) is 28.9 Å². The molecule has 1 aliphatic rings. The van der Waals surface area contributed by atoms with E-state index in [-0.39, 0.29) is 12.5 Å². The normalized spacial score (nSPS) is 13.9. The van der Waals surface area contributed by atoms with Crippen molar-refractivity contribution in [3.05, 3.63) is 53.0 Å². The van der Waals surface area contributed by atoms with E-state index in [1.807, 2.05) is 36.4 Å². The maximum absolute atomic E-state index is 11.9. The van der Waals surface area contributed by atoms with Crippen molar-refractivity contribution in [1.29, 1.82) is 0 Å². The molecule has 2 aromatic rings. The van der Waals surface area contributed by atoms with E-state index in [4.69, 9.17) is 4.74 Å². The molecule has 3 rings (SSSR count). The Morgan fingerprint density at radius 2 is 1.70 bits per heavy atom. The monoisotopic (exact) mass is 374 g/mol. The van der Waals surface area contributed by atoms with Crippen molar-refractivity contribution >= 4 is 33.2 Å². The van der Waals surface area contributed by atoms with Gasteiger partial charge in [-0.15, -0.1) is 0 Å². The average molecular weight is 375 g/mol. The minimum atomic E-state index is -0.165. The van der Waals surface area contributed by atoms with E-state index in [2.05, 4.69) is 38.3 Å². The SMILES string of the molecule is O=C(COc1ccc(Br)cc1)Nc1ccc(N2CCCC2)cc1. The number of hydrogen-bond acceptors (Lipinski definition) is 3. The molecule has 120 valence electrons. The van der Waals surface area contributed by atoms with Crippen LogP contribution in [0.2, 0.25) is 0 Å². The molecule has 0 aliphatic carbocycles. The molecule has 2 aromatic carbocycles. The fourth-order valence-corrected chi connectivity index (χ4v) is 2.87. The van der Waals surface area contributed by atoms with Crippen molar-refractivity contribution in [2.24, 2.45) is 0 Å². The van der Waals surface area contributed by atoms with Crippen LogP contribution in [0.25, 0.3) is 0 Å². The van der Waals surface area contributed by atoms with Crippen molar-refractivity contribution in [3.8, 4) is 5.75 Å². The zero-order valence-electron chi connectivity index (χ0n) is 12.8. The molecule has 1 amide bonds. The summed E-state index contributed by atoms with van der Waals surface area (Å²) in [5, 5.41) is 2.85. The van der Waals surface area contributed by atoms with Crippen molar-refractivity contribution < 1.29 is 9.53 Å². The third-order valence-electron chi connectivity index (χ3n) is 3.81. The van der Waals surface area contributed by atoms with Gasteiger partial charge in [-0.3, -0.25) is 4.79 Å². The summed E-state index contributed by atoms with van der Waals surface area (Å²) in [6.45, 7) is 2.23. The molecule has 0 saturated carbocycles. The summed E-state index contributed by atoms with van der Waals surface area (Å²) in [7, 11) is 0. The lowest BCUT2D eigenvalue weighted by Gasteiger charge is -2.17. The quantitative estimate of drug-likeness (QED) is 0.857. The highest BCUT2D eigenvalue weighted by atomic mass is 79.9. The Bertz CT molecular complexity index is 650. The Hall–Kier alpha value is -2.01. The fourth-order valence-electron chi connectivity index (χ4n) is 2.61. The smallest absolute Gasteiger partial charge is 0.262 e. The predicted molar refractivity (Wildman–Crippen MR) is 96.2 cm³/mol. The number of carbonyl (C=O) groups is 1. The number of carbonyl (C=O) groups excluding carboxylic acids is 1. The lowest BCUT2D eigenvalue weighted by molar-refractivity contribution is -0.118. The van der Waals surface area contributed by atoms with Crippen LogP contribution in [0.4, 0.5) is 11.4 Å². The van der Waals surface area contributed by atoms with Gasteiger partial charge >= 0.3 is 0 Å². The molecule has 23 heavy (non-hydrogen) atoms. The summed E-state index contributed by atoms with van der Waals surface area (Å²) in [5.41, 5.74) is 2.00. The molecule has 1 fully saturated rings. The standard InChI is InChI=1S/C18H19BrN2O2/c19-14-3-9-17(10-4-14)23-13-18(22)20-15-5-7-16(8-6-15)21-11-1-2-12-21/h3-10H,1-2,11-13H2,(H,20,22). The lowest BCUT2D eigenvalue weighted by atomic mass is 10.2. The maximum Gasteiger partial charge on any atom is 0.262 e. The Kier molecular flexibility index (Phi) is 5.18. The highest BCUT2D eigenvalue weighted by Crippen LogP contribution is 2.22. The van der Waals surface area contributed by atoms with E-state index in [1.54, 1.807) is 0 Å². The van der Waals surface area contributed by atoms with Crippen molar-refractivity contribution in [2.75, 3.05) is 29.9 Å². The van der Waals surface area contributed by atoms with Gasteiger partial charge in [0.05, 0.1) is 0 Å². The average Bonchev–Trinajstić information content (AvgIpc) is 3.09. The topological polar surface area (TPSA) is 41.6 Å². The van der Waals surface area contributed by atoms with Crippen molar-refractivity contribution in [1.82, 2.24) is 0 Å². The van der Waals surface area contributed by atoms with Gasteiger partial charge in [-0.2, -0.15) is 0 Å². The first-order valence-corrected chi connectivity index (χ1v) is 8.53. The Morgan fingerprint density at radius 1 is 1.04 bits per heavy atom. The highest BCUT2D eigenvalue weighted by molar-refractivity contribution is 9.10. The lowest BCUT2D eigenvalue weighted by Crippen LogP contribution is -2.20. The minimum Gasteiger partial charge on any atom is -0.484 e. The van der Waals surface area contributed by atoms with E-state index in [1.165, 1.54) is 18.5 Å². The second-order valence-corrected chi connectivity index (χ2v) is 6.45. The number of amides is 1. The van der Waals surface area contributed by atoms with Crippen LogP contribution in [0.3, 0.4) is 0 Å². The van der Waals surface area contributed by atoms with Gasteiger partial charge in [0.1, 0.15) is 5.75 Å². The molecule has 0 unspecified atom stereocenters. The first kappa shape index (κ1) is 15.9. The van der Waals surface area contributed by atoms with Crippen LogP contribution in [0.5, 0.6) is 5.75 Å². The molecule has 1 heterocycles. The molecule has 4 nitrogen and oxygen atoms in total. The number of hydrogen-bond donors (Lipinski definition) is 1. The Balaban J connectivity index is 1.50. The second kappa shape index (κ2) is 7.51. The Labute approximate surface area is 144 Å². The largest absolute Gasteiger partial charge is 0.484 e. The van der Waals surface area contributed by atoms with Crippen LogP contribution < -0.4 is 15.0 Å². The minimum absolute atomic E-state index is 0.00446. The molecular formula is C18H19BrN2O2. The van der Waals surface area contributed by atoms with Crippen LogP contribution in [-0.2, 0) is 4.79 Å². The van der Waals surface area contributed by atoms with Crippen molar-refractivity contribution in [2.45, 2.75) is 12.8 Å². The van der Waals surface area contributed by atoms with E-state index in [9.17, 15) is 4.79 Å². The summed E-state index contributed by atoms with van der Waals surface area (Å²) in [6, 6.07) is 15.4. The zero-order chi connectivity index (χ0) is 16.1. The molecule has 1 aliphatic heterocycles. The fraction of sp³-hybridized carbons (Fsp3) is 0.278. The van der Waals surface area contributed by atoms with Gasteiger partial charge < -0.3 is 15.0 Å². The number of rotatable bonds is 5. The van der Waals surface area contributed by atoms with Crippen LogP contribution in [0.15, 0.2) is 53.0 Å². The summed E-state index contributed by atoms with van der Waals surface area (Å²) in [5.74, 6) is 0.509. The van der Waals surface area contributed by atoms with E-state index in [0.717, 1.165) is 23.2 Å². The number of nitrogens with one attached hydrogen (secondary N) is 1. The molecule has 5 heteroatoms. The van der Waals surface area contributed by atoms with Crippen LogP contribution >= 0.6 is 15.9 Å². The van der Waals surface area contributed by atoms with Crippen LogP contribution in [-0.4, -0.2) is 25.6 Å². The first-order valence-electron chi connectivity index (χ1n) is 7.74.